The van der Waals surface area contributed by atoms with Crippen molar-refractivity contribution < 1.29 is 68.5 Å². The Hall–Kier alpha value is 1.25. The first-order valence-electron chi connectivity index (χ1n) is 16.8. The molecule has 0 saturated heterocycles. The Morgan fingerprint density at radius 3 is 1.26 bits per heavy atom. The molecule has 0 saturated carbocycles. The van der Waals surface area contributed by atoms with Gasteiger partial charge in [0.05, 0.1) is 6.61 Å². The van der Waals surface area contributed by atoms with Crippen molar-refractivity contribution in [1.29, 1.82) is 0 Å². The summed E-state index contributed by atoms with van der Waals surface area (Å²) in [7, 11) is -4.62. The normalized spacial score (nSPS) is 12.7. The molecule has 1 atom stereocenters. The molecular weight excluding hydrogens is 532 g/mol. The quantitative estimate of drug-likeness (QED) is 0.0266. The Morgan fingerprint density at radius 2 is 0.897 bits per heavy atom. The maximum Gasteiger partial charge on any atom is 1.00 e. The maximum absolute atomic E-state index is 10.9. The van der Waals surface area contributed by atoms with Crippen LogP contribution in [0.15, 0.2) is 12.2 Å². The van der Waals surface area contributed by atoms with E-state index in [4.69, 9.17) is 0 Å². The maximum atomic E-state index is 10.9. The molecule has 0 amide bonds. The molecule has 0 aromatic rings. The molecule has 0 heterocycles. The number of hydrogen-bond donors (Lipinski definition) is 0. The van der Waals surface area contributed by atoms with Gasteiger partial charge in [-0.15, -0.1) is 0 Å². The summed E-state index contributed by atoms with van der Waals surface area (Å²) in [6.45, 7) is 4.51. The second-order valence-electron chi connectivity index (χ2n) is 11.6. The van der Waals surface area contributed by atoms with Crippen molar-refractivity contribution in [2.75, 3.05) is 6.61 Å². The van der Waals surface area contributed by atoms with Crippen LogP contribution in [0.5, 0.6) is 0 Å². The van der Waals surface area contributed by atoms with E-state index in [1.54, 1.807) is 0 Å². The van der Waals surface area contributed by atoms with Gasteiger partial charge in [0.2, 0.25) is 10.4 Å². The third-order valence-corrected chi connectivity index (χ3v) is 8.16. The summed E-state index contributed by atoms with van der Waals surface area (Å²) < 4.78 is 37.3. The Labute approximate surface area is 288 Å². The first-order valence-corrected chi connectivity index (χ1v) is 18.1. The van der Waals surface area contributed by atoms with Crippen LogP contribution < -0.4 is 51.4 Å². The summed E-state index contributed by atoms with van der Waals surface area (Å²) in [5.41, 5.74) is 0. The van der Waals surface area contributed by atoms with Crippen LogP contribution in [0.1, 0.15) is 187 Å². The van der Waals surface area contributed by atoms with Crippen molar-refractivity contribution in [3.05, 3.63) is 12.2 Å². The summed E-state index contributed by atoms with van der Waals surface area (Å²) >= 11 is 0. The smallest absolute Gasteiger partial charge is 0.726 e. The van der Waals surface area contributed by atoms with Crippen LogP contribution in [0.2, 0.25) is 0 Å². The van der Waals surface area contributed by atoms with Crippen molar-refractivity contribution in [2.24, 2.45) is 5.92 Å². The van der Waals surface area contributed by atoms with Gasteiger partial charge in [-0.1, -0.05) is 180 Å². The van der Waals surface area contributed by atoms with E-state index in [9.17, 15) is 13.0 Å². The minimum absolute atomic E-state index is 0. The monoisotopic (exact) mass is 596 g/mol. The van der Waals surface area contributed by atoms with Gasteiger partial charge in [0.1, 0.15) is 0 Å². The molecule has 0 aliphatic rings. The molecule has 0 radical (unpaired) electrons. The first kappa shape index (κ1) is 42.4. The molecule has 4 nitrogen and oxygen atoms in total. The summed E-state index contributed by atoms with van der Waals surface area (Å²) in [6.07, 6.45) is 39.6. The van der Waals surface area contributed by atoms with Gasteiger partial charge in [0.15, 0.2) is 0 Å². The Bertz CT molecular complexity index is 595. The third-order valence-electron chi connectivity index (χ3n) is 7.74. The molecule has 0 N–H and O–H groups in total. The van der Waals surface area contributed by atoms with E-state index >= 15 is 0 Å². The SMILES string of the molecule is CCCCCCCCCCCCCCCCCC/C=C/C(CCCCCCCCCCC)COS(=O)(=O)[O-].[K+]. The fourth-order valence-electron chi connectivity index (χ4n) is 5.22. The predicted molar refractivity (Wildman–Crippen MR) is 164 cm³/mol. The van der Waals surface area contributed by atoms with E-state index in [2.05, 4.69) is 30.2 Å². The van der Waals surface area contributed by atoms with Crippen LogP contribution in [0.3, 0.4) is 0 Å². The zero-order valence-corrected chi connectivity index (χ0v) is 30.5. The number of hydrogen-bond acceptors (Lipinski definition) is 4. The van der Waals surface area contributed by atoms with E-state index in [0.717, 1.165) is 19.3 Å². The van der Waals surface area contributed by atoms with Gasteiger partial charge in [-0.3, -0.25) is 4.18 Å². The van der Waals surface area contributed by atoms with Gasteiger partial charge in [-0.2, -0.15) is 0 Å². The molecule has 0 fully saturated rings. The first-order chi connectivity index (χ1) is 18.5. The van der Waals surface area contributed by atoms with Gasteiger partial charge in [0, 0.05) is 5.92 Å². The Balaban J connectivity index is 0. The Kier molecular flexibility index (Phi) is 36.7. The van der Waals surface area contributed by atoms with Crippen LogP contribution in [0.25, 0.3) is 0 Å². The number of rotatable bonds is 31. The van der Waals surface area contributed by atoms with E-state index in [0.29, 0.717) is 0 Å². The molecule has 6 heteroatoms. The Morgan fingerprint density at radius 1 is 0.564 bits per heavy atom. The van der Waals surface area contributed by atoms with Crippen molar-refractivity contribution in [3.8, 4) is 0 Å². The zero-order valence-electron chi connectivity index (χ0n) is 26.6. The molecule has 1 unspecified atom stereocenters. The fraction of sp³-hybridized carbons (Fsp3) is 0.939. The third kappa shape index (κ3) is 37.2. The molecule has 0 aromatic heterocycles. The topological polar surface area (TPSA) is 66.4 Å². The van der Waals surface area contributed by atoms with Crippen LogP contribution >= 0.6 is 0 Å². The van der Waals surface area contributed by atoms with Gasteiger partial charge in [0.25, 0.3) is 0 Å². The van der Waals surface area contributed by atoms with Gasteiger partial charge >= 0.3 is 51.4 Å². The number of allylic oxidation sites excluding steroid dienone is 1. The molecule has 0 bridgehead atoms. The average molecular weight is 597 g/mol. The second kappa shape index (κ2) is 33.7. The summed E-state index contributed by atoms with van der Waals surface area (Å²) in [5, 5.41) is 0. The van der Waals surface area contributed by atoms with Crippen LogP contribution in [-0.2, 0) is 14.6 Å². The van der Waals surface area contributed by atoms with Crippen molar-refractivity contribution in [3.63, 3.8) is 0 Å². The van der Waals surface area contributed by atoms with Crippen molar-refractivity contribution in [1.82, 2.24) is 0 Å². The summed E-state index contributed by atoms with van der Waals surface area (Å²) in [5.74, 6) is 0.0179. The minimum atomic E-state index is -4.62. The molecule has 0 aliphatic carbocycles. The predicted octanol–water partition coefficient (Wildman–Crippen LogP) is 8.21. The van der Waals surface area contributed by atoms with Gasteiger partial charge in [-0.05, 0) is 19.3 Å². The molecule has 228 valence electrons. The molecule has 0 spiro atoms. The summed E-state index contributed by atoms with van der Waals surface area (Å²) in [6, 6.07) is 0. The minimum Gasteiger partial charge on any atom is -0.726 e. The van der Waals surface area contributed by atoms with Gasteiger partial charge < -0.3 is 4.55 Å². The zero-order chi connectivity index (χ0) is 28.0. The summed E-state index contributed by atoms with van der Waals surface area (Å²) in [4.78, 5) is 0. The van der Waals surface area contributed by atoms with Crippen LogP contribution in [0.4, 0.5) is 0 Å². The van der Waals surface area contributed by atoms with E-state index in [1.165, 1.54) is 154 Å². The molecule has 0 aromatic carbocycles. The van der Waals surface area contributed by atoms with Crippen LogP contribution in [-0.4, -0.2) is 19.6 Å². The largest absolute Gasteiger partial charge is 1.00 e. The molecular formula is C33H65KO4S. The molecule has 0 aliphatic heterocycles. The van der Waals surface area contributed by atoms with E-state index < -0.39 is 10.4 Å². The molecule has 0 rings (SSSR count). The average Bonchev–Trinajstić information content (AvgIpc) is 2.89. The number of unbranched alkanes of at least 4 members (excludes halogenated alkanes) is 24. The molecule has 39 heavy (non-hydrogen) atoms. The van der Waals surface area contributed by atoms with Gasteiger partial charge in [-0.25, -0.2) is 8.42 Å². The second-order valence-corrected chi connectivity index (χ2v) is 12.6. The van der Waals surface area contributed by atoms with E-state index in [1.807, 2.05) is 0 Å². The fourth-order valence-corrected chi connectivity index (χ4v) is 5.56. The van der Waals surface area contributed by atoms with E-state index in [-0.39, 0.29) is 63.9 Å². The standard InChI is InChI=1S/C33H66O4S.K/c1-3-5-7-9-11-13-14-15-16-17-18-19-20-21-23-25-27-29-31-33(32-37-38(34,35)36)30-28-26-24-22-12-10-8-6-4-2;/h29,31,33H,3-28,30,32H2,1-2H3,(H,34,35,36);/q;+1/p-1/b31-29+;. The van der Waals surface area contributed by atoms with Crippen molar-refractivity contribution in [2.45, 2.75) is 187 Å². The van der Waals surface area contributed by atoms with Crippen molar-refractivity contribution >= 4 is 10.4 Å². The van der Waals surface area contributed by atoms with Crippen LogP contribution in [0, 0.1) is 5.92 Å².